The van der Waals surface area contributed by atoms with Crippen LogP contribution < -0.4 is 5.73 Å². The molecule has 7 nitrogen and oxygen atoms in total. The van der Waals surface area contributed by atoms with Gasteiger partial charge in [0.15, 0.2) is 0 Å². The lowest BCUT2D eigenvalue weighted by Crippen LogP contribution is -2.50. The lowest BCUT2D eigenvalue weighted by atomic mass is 9.91. The maximum atomic E-state index is 14.7. The predicted octanol–water partition coefficient (Wildman–Crippen LogP) is 2.34. The van der Waals surface area contributed by atoms with Crippen LogP contribution in [0.15, 0.2) is 46.5 Å². The minimum absolute atomic E-state index is 0.161. The van der Waals surface area contributed by atoms with Gasteiger partial charge in [0.1, 0.15) is 11.4 Å². The van der Waals surface area contributed by atoms with Crippen molar-refractivity contribution in [1.82, 2.24) is 9.29 Å². The zero-order chi connectivity index (χ0) is 21.4. The van der Waals surface area contributed by atoms with E-state index in [4.69, 9.17) is 17.3 Å². The van der Waals surface area contributed by atoms with Gasteiger partial charge in [0, 0.05) is 32.3 Å². The summed E-state index contributed by atoms with van der Waals surface area (Å²) in [5, 5.41) is 0.514. The highest BCUT2D eigenvalue weighted by Crippen LogP contribution is 2.34. The Labute approximate surface area is 174 Å². The lowest BCUT2D eigenvalue weighted by Gasteiger charge is -2.34. The molecular weight excluding hydrogens is 417 g/mol. The quantitative estimate of drug-likeness (QED) is 0.741. The molecule has 2 aromatic rings. The van der Waals surface area contributed by atoms with Crippen molar-refractivity contribution in [3.8, 4) is 0 Å². The summed E-state index contributed by atoms with van der Waals surface area (Å²) in [4.78, 5) is 12.8. The SMILES string of the molecule is CN=C(Cc1ccc(F)c([C@]2(C)CS(=O)(=O)N(C)C(N)=N2)c1)c1ccc(Cl)cn1. The summed E-state index contributed by atoms with van der Waals surface area (Å²) in [5.41, 5.74) is 6.68. The fourth-order valence-corrected chi connectivity index (χ4v) is 4.77. The number of nitrogens with zero attached hydrogens (tertiary/aromatic N) is 4. The third-order valence-electron chi connectivity index (χ3n) is 4.84. The fraction of sp³-hybridized carbons (Fsp3) is 0.316. The molecule has 2 N–H and O–H groups in total. The van der Waals surface area contributed by atoms with E-state index in [1.807, 2.05) is 0 Å². The summed E-state index contributed by atoms with van der Waals surface area (Å²) in [5.74, 6) is -1.11. The van der Waals surface area contributed by atoms with Crippen molar-refractivity contribution in [3.05, 3.63) is 64.2 Å². The Balaban J connectivity index is 1.99. The number of rotatable bonds is 4. The molecule has 1 aromatic heterocycles. The van der Waals surface area contributed by atoms with Crippen LogP contribution in [-0.2, 0) is 22.0 Å². The molecule has 1 aliphatic rings. The molecule has 0 unspecified atom stereocenters. The predicted molar refractivity (Wildman–Crippen MR) is 112 cm³/mol. The summed E-state index contributed by atoms with van der Waals surface area (Å²) in [6.45, 7) is 1.56. The number of nitrogens with two attached hydrogens (primary N) is 1. The standard InChI is InChI=1S/C19H21ClFN5O2S/c1-19(11-29(27,28)26(3)18(22)25-19)14-8-12(4-6-15(14)21)9-17(23-2)16-7-5-13(20)10-24-16/h4-8,10H,9,11H2,1-3H3,(H2,22,25)/t19-/m0/s1. The van der Waals surface area contributed by atoms with Gasteiger partial charge in [-0.2, -0.15) is 0 Å². The molecule has 0 spiro atoms. The number of guanidine groups is 1. The first-order chi connectivity index (χ1) is 13.6. The highest BCUT2D eigenvalue weighted by molar-refractivity contribution is 7.89. The minimum Gasteiger partial charge on any atom is -0.369 e. The van der Waals surface area contributed by atoms with Crippen LogP contribution >= 0.6 is 11.6 Å². The molecule has 29 heavy (non-hydrogen) atoms. The summed E-state index contributed by atoms with van der Waals surface area (Å²) in [6.07, 6.45) is 1.90. The van der Waals surface area contributed by atoms with Crippen molar-refractivity contribution in [1.29, 1.82) is 0 Å². The Morgan fingerprint density at radius 1 is 1.38 bits per heavy atom. The van der Waals surface area contributed by atoms with Gasteiger partial charge in [0.2, 0.25) is 16.0 Å². The van der Waals surface area contributed by atoms with Crippen LogP contribution in [0.5, 0.6) is 0 Å². The molecule has 0 saturated heterocycles. The van der Waals surface area contributed by atoms with Crippen molar-refractivity contribution in [2.75, 3.05) is 19.8 Å². The van der Waals surface area contributed by atoms with Gasteiger partial charge in [-0.3, -0.25) is 9.98 Å². The van der Waals surface area contributed by atoms with E-state index in [0.717, 1.165) is 9.87 Å². The van der Waals surface area contributed by atoms with Crippen molar-refractivity contribution in [2.45, 2.75) is 18.9 Å². The van der Waals surface area contributed by atoms with Gasteiger partial charge in [0.05, 0.1) is 22.2 Å². The number of hydrogen-bond donors (Lipinski definition) is 1. The van der Waals surface area contributed by atoms with Crippen LogP contribution in [0.4, 0.5) is 4.39 Å². The van der Waals surface area contributed by atoms with E-state index in [1.165, 1.54) is 19.3 Å². The topological polar surface area (TPSA) is 101 Å². The summed E-state index contributed by atoms with van der Waals surface area (Å²) in [6, 6.07) is 8.00. The number of aliphatic imine (C=N–C) groups is 2. The average Bonchev–Trinajstić information content (AvgIpc) is 2.66. The molecule has 0 amide bonds. The fourth-order valence-electron chi connectivity index (χ4n) is 3.21. The van der Waals surface area contributed by atoms with Gasteiger partial charge in [-0.05, 0) is 30.7 Å². The maximum Gasteiger partial charge on any atom is 0.239 e. The molecule has 0 fully saturated rings. The second kappa shape index (κ2) is 7.72. The van der Waals surface area contributed by atoms with Crippen molar-refractivity contribution >= 4 is 33.3 Å². The van der Waals surface area contributed by atoms with E-state index in [0.29, 0.717) is 22.8 Å². The Hall–Kier alpha value is -2.52. The van der Waals surface area contributed by atoms with Gasteiger partial charge in [-0.1, -0.05) is 23.7 Å². The summed E-state index contributed by atoms with van der Waals surface area (Å²) in [7, 11) is -0.738. The molecule has 1 aliphatic heterocycles. The first kappa shape index (κ1) is 21.2. The van der Waals surface area contributed by atoms with Crippen LogP contribution in [0.25, 0.3) is 0 Å². The number of halogens is 2. The Morgan fingerprint density at radius 2 is 2.10 bits per heavy atom. The van der Waals surface area contributed by atoms with Crippen LogP contribution in [0.3, 0.4) is 0 Å². The first-order valence-electron chi connectivity index (χ1n) is 8.74. The van der Waals surface area contributed by atoms with Crippen LogP contribution in [0, 0.1) is 5.82 Å². The van der Waals surface area contributed by atoms with Crippen LogP contribution in [0.2, 0.25) is 5.02 Å². The zero-order valence-electron chi connectivity index (χ0n) is 16.2. The first-order valence-corrected chi connectivity index (χ1v) is 10.7. The average molecular weight is 438 g/mol. The Kier molecular flexibility index (Phi) is 5.64. The van der Waals surface area contributed by atoms with E-state index in [-0.39, 0.29) is 17.3 Å². The van der Waals surface area contributed by atoms with Crippen molar-refractivity contribution in [2.24, 2.45) is 15.7 Å². The van der Waals surface area contributed by atoms with E-state index >= 15 is 0 Å². The molecule has 0 bridgehead atoms. The van der Waals surface area contributed by atoms with Crippen LogP contribution in [0.1, 0.15) is 23.7 Å². The molecule has 0 aliphatic carbocycles. The molecule has 10 heteroatoms. The molecule has 2 heterocycles. The van der Waals surface area contributed by atoms with Crippen molar-refractivity contribution < 1.29 is 12.8 Å². The second-order valence-electron chi connectivity index (χ2n) is 6.99. The van der Waals surface area contributed by atoms with E-state index in [2.05, 4.69) is 15.0 Å². The lowest BCUT2D eigenvalue weighted by molar-refractivity contribution is 0.457. The van der Waals surface area contributed by atoms with Gasteiger partial charge in [-0.25, -0.2) is 22.1 Å². The Bertz CT molecular complexity index is 1100. The number of pyridine rings is 1. The highest BCUT2D eigenvalue weighted by atomic mass is 35.5. The van der Waals surface area contributed by atoms with E-state index in [1.54, 1.807) is 38.2 Å². The van der Waals surface area contributed by atoms with Gasteiger partial charge < -0.3 is 5.73 Å². The number of aromatic nitrogens is 1. The highest BCUT2D eigenvalue weighted by Gasteiger charge is 2.41. The van der Waals surface area contributed by atoms with Gasteiger partial charge in [-0.15, -0.1) is 0 Å². The molecule has 1 aromatic carbocycles. The summed E-state index contributed by atoms with van der Waals surface area (Å²) < 4.78 is 40.4. The van der Waals surface area contributed by atoms with Gasteiger partial charge in [0.25, 0.3) is 0 Å². The van der Waals surface area contributed by atoms with Crippen LogP contribution in [-0.4, -0.2) is 49.2 Å². The normalized spacial score (nSPS) is 21.8. The monoisotopic (exact) mass is 437 g/mol. The Morgan fingerprint density at radius 3 is 2.69 bits per heavy atom. The molecule has 0 radical (unpaired) electrons. The largest absolute Gasteiger partial charge is 0.369 e. The third kappa shape index (κ3) is 4.25. The summed E-state index contributed by atoms with van der Waals surface area (Å²) >= 11 is 5.89. The van der Waals surface area contributed by atoms with E-state index in [9.17, 15) is 12.8 Å². The maximum absolute atomic E-state index is 14.7. The third-order valence-corrected chi connectivity index (χ3v) is 7.01. The number of benzene rings is 1. The number of hydrogen-bond acceptors (Lipinski definition) is 6. The molecular formula is C19H21ClFN5O2S. The smallest absolute Gasteiger partial charge is 0.239 e. The van der Waals surface area contributed by atoms with Crippen molar-refractivity contribution in [3.63, 3.8) is 0 Å². The molecule has 154 valence electrons. The minimum atomic E-state index is -3.71. The van der Waals surface area contributed by atoms with E-state index < -0.39 is 21.4 Å². The zero-order valence-corrected chi connectivity index (χ0v) is 17.8. The molecule has 0 saturated carbocycles. The molecule has 1 atom stereocenters. The molecule has 3 rings (SSSR count). The second-order valence-corrected chi connectivity index (χ2v) is 9.43. The number of sulfonamides is 1. The van der Waals surface area contributed by atoms with Gasteiger partial charge >= 0.3 is 0 Å².